The van der Waals surface area contributed by atoms with Crippen molar-refractivity contribution >= 4 is 0 Å². The van der Waals surface area contributed by atoms with Gasteiger partial charge in [-0.3, -0.25) is 0 Å². The lowest BCUT2D eigenvalue weighted by Gasteiger charge is -2.25. The third-order valence-electron chi connectivity index (χ3n) is 3.84. The van der Waals surface area contributed by atoms with E-state index in [1.807, 2.05) is 24.3 Å². The number of benzene rings is 2. The molecule has 2 heteroatoms. The van der Waals surface area contributed by atoms with Crippen molar-refractivity contribution in [3.05, 3.63) is 71.8 Å². The van der Waals surface area contributed by atoms with Crippen molar-refractivity contribution in [2.45, 2.75) is 38.3 Å². The van der Waals surface area contributed by atoms with Gasteiger partial charge in [0.25, 0.3) is 0 Å². The van der Waals surface area contributed by atoms with Crippen LogP contribution in [0.25, 0.3) is 0 Å². The molecular formula is C19H25NO. The molecule has 0 saturated heterocycles. The van der Waals surface area contributed by atoms with Crippen molar-refractivity contribution in [1.29, 1.82) is 0 Å². The Kier molecular flexibility index (Phi) is 6.45. The summed E-state index contributed by atoms with van der Waals surface area (Å²) in [7, 11) is 0. The first kappa shape index (κ1) is 15.7. The lowest BCUT2D eigenvalue weighted by Crippen LogP contribution is -2.29. The summed E-state index contributed by atoms with van der Waals surface area (Å²) in [5.41, 5.74) is 2.43. The number of aliphatic hydroxyl groups excluding tert-OH is 1. The zero-order valence-electron chi connectivity index (χ0n) is 12.7. The lowest BCUT2D eigenvalue weighted by molar-refractivity contribution is 0.230. The molecular weight excluding hydrogens is 258 g/mol. The van der Waals surface area contributed by atoms with Gasteiger partial charge in [0.2, 0.25) is 0 Å². The van der Waals surface area contributed by atoms with Crippen LogP contribution in [-0.2, 0) is 0 Å². The Morgan fingerprint density at radius 2 is 1.38 bits per heavy atom. The van der Waals surface area contributed by atoms with Crippen LogP contribution < -0.4 is 5.32 Å². The average molecular weight is 283 g/mol. The summed E-state index contributed by atoms with van der Waals surface area (Å²) in [6, 6.07) is 20.9. The topological polar surface area (TPSA) is 32.3 Å². The number of unbranched alkanes of at least 4 members (excludes halogenated alkanes) is 1. The molecule has 0 spiro atoms. The van der Waals surface area contributed by atoms with E-state index in [0.717, 1.165) is 12.0 Å². The molecule has 2 N–H and O–H groups in total. The maximum atomic E-state index is 9.74. The summed E-state index contributed by atoms with van der Waals surface area (Å²) >= 11 is 0. The number of rotatable bonds is 8. The van der Waals surface area contributed by atoms with Crippen LogP contribution in [0.5, 0.6) is 0 Å². The van der Waals surface area contributed by atoms with Crippen LogP contribution in [0.2, 0.25) is 0 Å². The molecule has 0 fully saturated rings. The van der Waals surface area contributed by atoms with Gasteiger partial charge in [0.15, 0.2) is 0 Å². The van der Waals surface area contributed by atoms with Gasteiger partial charge in [0.05, 0.1) is 12.6 Å². The first-order valence-electron chi connectivity index (χ1n) is 7.82. The van der Waals surface area contributed by atoms with Gasteiger partial charge < -0.3 is 10.4 Å². The van der Waals surface area contributed by atoms with Crippen molar-refractivity contribution in [2.24, 2.45) is 0 Å². The molecule has 112 valence electrons. The van der Waals surface area contributed by atoms with Gasteiger partial charge >= 0.3 is 0 Å². The molecule has 0 aliphatic carbocycles. The van der Waals surface area contributed by atoms with Gasteiger partial charge in [0, 0.05) is 6.04 Å². The van der Waals surface area contributed by atoms with E-state index in [9.17, 15) is 5.11 Å². The zero-order chi connectivity index (χ0) is 14.9. The summed E-state index contributed by atoms with van der Waals surface area (Å²) in [5, 5.41) is 13.4. The van der Waals surface area contributed by atoms with Crippen molar-refractivity contribution in [2.75, 3.05) is 6.61 Å². The second kappa shape index (κ2) is 8.60. The molecule has 2 rings (SSSR count). The Balaban J connectivity index is 2.13. The van der Waals surface area contributed by atoms with Crippen molar-refractivity contribution < 1.29 is 5.11 Å². The molecule has 0 aliphatic rings. The van der Waals surface area contributed by atoms with E-state index >= 15 is 0 Å². The minimum atomic E-state index is -0.0201. The Bertz CT molecular complexity index is 497. The van der Waals surface area contributed by atoms with E-state index in [4.69, 9.17) is 0 Å². The fourth-order valence-corrected chi connectivity index (χ4v) is 2.62. The predicted molar refractivity (Wildman–Crippen MR) is 88.1 cm³/mol. The van der Waals surface area contributed by atoms with Crippen LogP contribution in [0.4, 0.5) is 0 Å². The Morgan fingerprint density at radius 1 is 0.857 bits per heavy atom. The molecule has 21 heavy (non-hydrogen) atoms. The molecule has 0 heterocycles. The van der Waals surface area contributed by atoms with Gasteiger partial charge in [0.1, 0.15) is 0 Å². The fraction of sp³-hybridized carbons (Fsp3) is 0.368. The molecule has 0 aromatic heterocycles. The molecule has 0 aliphatic heterocycles. The molecule has 2 atom stereocenters. The van der Waals surface area contributed by atoms with Crippen molar-refractivity contribution in [3.63, 3.8) is 0 Å². The number of nitrogens with one attached hydrogen (secondary N) is 1. The van der Waals surface area contributed by atoms with Gasteiger partial charge in [-0.05, 0) is 17.5 Å². The molecule has 2 aromatic rings. The average Bonchev–Trinajstić information content (AvgIpc) is 2.57. The van der Waals surface area contributed by atoms with E-state index in [2.05, 4.69) is 48.6 Å². The molecule has 1 unspecified atom stereocenters. The summed E-state index contributed by atoms with van der Waals surface area (Å²) in [4.78, 5) is 0. The van der Waals surface area contributed by atoms with Crippen LogP contribution in [0.3, 0.4) is 0 Å². The normalized spacial score (nSPS) is 13.8. The number of hydrogen-bond acceptors (Lipinski definition) is 2. The molecule has 2 nitrogen and oxygen atoms in total. The van der Waals surface area contributed by atoms with Gasteiger partial charge in [-0.25, -0.2) is 0 Å². The Hall–Kier alpha value is -1.64. The van der Waals surface area contributed by atoms with Crippen molar-refractivity contribution in [3.8, 4) is 0 Å². The van der Waals surface area contributed by atoms with Gasteiger partial charge in [-0.15, -0.1) is 0 Å². The highest BCUT2D eigenvalue weighted by Crippen LogP contribution is 2.24. The molecule has 2 aromatic carbocycles. The second-order valence-corrected chi connectivity index (χ2v) is 5.42. The third-order valence-corrected chi connectivity index (χ3v) is 3.84. The molecule has 0 radical (unpaired) electrons. The van der Waals surface area contributed by atoms with Gasteiger partial charge in [-0.1, -0.05) is 80.4 Å². The van der Waals surface area contributed by atoms with Crippen LogP contribution in [0.15, 0.2) is 60.7 Å². The highest BCUT2D eigenvalue weighted by Gasteiger charge is 2.17. The SMILES string of the molecule is CCCCC(N[C@@H](CO)c1ccccc1)c1ccccc1. The fourth-order valence-electron chi connectivity index (χ4n) is 2.62. The minimum absolute atomic E-state index is 0.0201. The molecule has 0 bridgehead atoms. The third kappa shape index (κ3) is 4.69. The predicted octanol–water partition coefficient (Wildman–Crippen LogP) is 4.24. The molecule has 0 saturated carbocycles. The zero-order valence-corrected chi connectivity index (χ0v) is 12.7. The van der Waals surface area contributed by atoms with Crippen molar-refractivity contribution in [1.82, 2.24) is 5.32 Å². The maximum Gasteiger partial charge on any atom is 0.0626 e. The van der Waals surface area contributed by atoms with E-state index in [1.165, 1.54) is 18.4 Å². The first-order chi connectivity index (χ1) is 10.3. The maximum absolute atomic E-state index is 9.74. The second-order valence-electron chi connectivity index (χ2n) is 5.42. The van der Waals surface area contributed by atoms with Crippen LogP contribution >= 0.6 is 0 Å². The summed E-state index contributed by atoms with van der Waals surface area (Å²) in [6.45, 7) is 2.32. The van der Waals surface area contributed by atoms with Gasteiger partial charge in [-0.2, -0.15) is 0 Å². The largest absolute Gasteiger partial charge is 0.394 e. The Morgan fingerprint density at radius 3 is 1.86 bits per heavy atom. The summed E-state index contributed by atoms with van der Waals surface area (Å²) in [5.74, 6) is 0. The highest BCUT2D eigenvalue weighted by molar-refractivity contribution is 5.22. The van der Waals surface area contributed by atoms with Crippen LogP contribution in [0, 0.1) is 0 Å². The smallest absolute Gasteiger partial charge is 0.0626 e. The minimum Gasteiger partial charge on any atom is -0.394 e. The van der Waals surface area contributed by atoms with Crippen LogP contribution in [0.1, 0.15) is 49.4 Å². The van der Waals surface area contributed by atoms with E-state index < -0.39 is 0 Å². The van der Waals surface area contributed by atoms with Crippen LogP contribution in [-0.4, -0.2) is 11.7 Å². The van der Waals surface area contributed by atoms with E-state index in [0.29, 0.717) is 0 Å². The number of hydrogen-bond donors (Lipinski definition) is 2. The standard InChI is InChI=1S/C19H25NO/c1-2-3-14-18(16-10-6-4-7-11-16)20-19(15-21)17-12-8-5-9-13-17/h4-13,18-21H,2-3,14-15H2,1H3/t18?,19-/m0/s1. The first-order valence-corrected chi connectivity index (χ1v) is 7.82. The highest BCUT2D eigenvalue weighted by atomic mass is 16.3. The Labute approximate surface area is 127 Å². The monoisotopic (exact) mass is 283 g/mol. The van der Waals surface area contributed by atoms with E-state index in [-0.39, 0.29) is 18.7 Å². The quantitative estimate of drug-likeness (QED) is 0.759. The summed E-state index contributed by atoms with van der Waals surface area (Å²) < 4.78 is 0. The molecule has 0 amide bonds. The van der Waals surface area contributed by atoms with E-state index in [1.54, 1.807) is 0 Å². The lowest BCUT2D eigenvalue weighted by atomic mass is 9.98. The number of aliphatic hydroxyl groups is 1. The summed E-state index contributed by atoms with van der Waals surface area (Å²) in [6.07, 6.45) is 3.45.